The molecule has 0 aromatic heterocycles. The Morgan fingerprint density at radius 3 is 2.00 bits per heavy atom. The molecule has 1 aliphatic rings. The lowest BCUT2D eigenvalue weighted by molar-refractivity contribution is 0.188. The summed E-state index contributed by atoms with van der Waals surface area (Å²) in [6.45, 7) is 14.4. The SMILES string of the molecule is CC(C)C1(C)c2ccccc2C(C)(C)C1C. The molecule has 0 aliphatic heterocycles. The Morgan fingerprint density at radius 1 is 1.00 bits per heavy atom. The summed E-state index contributed by atoms with van der Waals surface area (Å²) in [5.41, 5.74) is 3.75. The largest absolute Gasteiger partial charge is 0.0620 e. The van der Waals surface area contributed by atoms with Gasteiger partial charge in [-0.15, -0.1) is 0 Å². The molecule has 0 heterocycles. The van der Waals surface area contributed by atoms with Gasteiger partial charge in [-0.25, -0.2) is 0 Å². The maximum atomic E-state index is 2.44. The van der Waals surface area contributed by atoms with E-state index in [2.05, 4.69) is 65.8 Å². The van der Waals surface area contributed by atoms with E-state index in [0.29, 0.717) is 22.7 Å². The van der Waals surface area contributed by atoms with E-state index in [4.69, 9.17) is 0 Å². The fourth-order valence-corrected chi connectivity index (χ4v) is 3.54. The maximum Gasteiger partial charge on any atom is -0.00155 e. The Labute approximate surface area is 100 Å². The molecule has 0 bridgehead atoms. The molecule has 0 amide bonds. The van der Waals surface area contributed by atoms with E-state index < -0.39 is 0 Å². The van der Waals surface area contributed by atoms with Crippen molar-refractivity contribution in [3.8, 4) is 0 Å². The lowest BCUT2D eigenvalue weighted by Crippen LogP contribution is -2.37. The third-order valence-corrected chi connectivity index (χ3v) is 5.38. The molecule has 0 radical (unpaired) electrons. The van der Waals surface area contributed by atoms with Crippen LogP contribution in [0.3, 0.4) is 0 Å². The number of hydrogen-bond acceptors (Lipinski definition) is 0. The fourth-order valence-electron chi connectivity index (χ4n) is 3.54. The predicted molar refractivity (Wildman–Crippen MR) is 70.8 cm³/mol. The van der Waals surface area contributed by atoms with Crippen molar-refractivity contribution in [1.82, 2.24) is 0 Å². The van der Waals surface area contributed by atoms with Crippen LogP contribution in [-0.2, 0) is 10.8 Å². The Kier molecular flexibility index (Phi) is 2.45. The summed E-state index contributed by atoms with van der Waals surface area (Å²) < 4.78 is 0. The quantitative estimate of drug-likeness (QED) is 0.647. The van der Waals surface area contributed by atoms with Crippen LogP contribution < -0.4 is 0 Å². The van der Waals surface area contributed by atoms with Crippen LogP contribution >= 0.6 is 0 Å². The van der Waals surface area contributed by atoms with Crippen LogP contribution in [-0.4, -0.2) is 0 Å². The van der Waals surface area contributed by atoms with Gasteiger partial charge in [0.25, 0.3) is 0 Å². The highest BCUT2D eigenvalue weighted by Crippen LogP contribution is 2.56. The molecule has 1 aromatic carbocycles. The van der Waals surface area contributed by atoms with Crippen molar-refractivity contribution in [2.24, 2.45) is 11.8 Å². The monoisotopic (exact) mass is 216 g/mol. The summed E-state index contributed by atoms with van der Waals surface area (Å²) >= 11 is 0. The summed E-state index contributed by atoms with van der Waals surface area (Å²) in [6.07, 6.45) is 0. The molecule has 2 unspecified atom stereocenters. The lowest BCUT2D eigenvalue weighted by Gasteiger charge is -2.39. The summed E-state index contributed by atoms with van der Waals surface area (Å²) in [5, 5.41) is 0. The van der Waals surface area contributed by atoms with Gasteiger partial charge in [0.1, 0.15) is 0 Å². The van der Waals surface area contributed by atoms with Crippen molar-refractivity contribution in [1.29, 1.82) is 0 Å². The first-order valence-corrected chi connectivity index (χ1v) is 6.43. The highest BCUT2D eigenvalue weighted by molar-refractivity contribution is 5.46. The van der Waals surface area contributed by atoms with E-state index in [0.717, 1.165) is 0 Å². The highest BCUT2D eigenvalue weighted by atomic mass is 14.6. The third-order valence-electron chi connectivity index (χ3n) is 5.38. The number of fused-ring (bicyclic) bond motifs is 1. The Bertz CT molecular complexity index is 400. The van der Waals surface area contributed by atoms with Crippen LogP contribution in [0.5, 0.6) is 0 Å². The van der Waals surface area contributed by atoms with Crippen molar-refractivity contribution < 1.29 is 0 Å². The molecular formula is C16H24. The summed E-state index contributed by atoms with van der Waals surface area (Å²) in [4.78, 5) is 0. The van der Waals surface area contributed by atoms with E-state index in [1.165, 1.54) is 0 Å². The standard InChI is InChI=1S/C16H24/c1-11(2)16(6)12(3)15(4,5)13-9-7-8-10-14(13)16/h7-12H,1-6H3. The maximum absolute atomic E-state index is 2.44. The van der Waals surface area contributed by atoms with Gasteiger partial charge in [-0.1, -0.05) is 65.8 Å². The summed E-state index contributed by atoms with van der Waals surface area (Å²) in [7, 11) is 0. The van der Waals surface area contributed by atoms with Crippen LogP contribution in [0.1, 0.15) is 52.7 Å². The molecule has 0 saturated carbocycles. The molecule has 2 atom stereocenters. The van der Waals surface area contributed by atoms with Crippen LogP contribution in [0.25, 0.3) is 0 Å². The molecular weight excluding hydrogens is 192 g/mol. The van der Waals surface area contributed by atoms with Gasteiger partial charge in [0, 0.05) is 0 Å². The molecule has 88 valence electrons. The zero-order chi connectivity index (χ0) is 12.1. The lowest BCUT2D eigenvalue weighted by atomic mass is 9.65. The van der Waals surface area contributed by atoms with Crippen molar-refractivity contribution in [2.45, 2.75) is 52.4 Å². The first-order valence-electron chi connectivity index (χ1n) is 6.43. The van der Waals surface area contributed by atoms with E-state index in [1.54, 1.807) is 11.1 Å². The van der Waals surface area contributed by atoms with Gasteiger partial charge in [0.05, 0.1) is 0 Å². The first kappa shape index (κ1) is 11.7. The van der Waals surface area contributed by atoms with Gasteiger partial charge in [-0.05, 0) is 33.8 Å². The van der Waals surface area contributed by atoms with Gasteiger partial charge < -0.3 is 0 Å². The van der Waals surface area contributed by atoms with Crippen molar-refractivity contribution in [3.63, 3.8) is 0 Å². The zero-order valence-corrected chi connectivity index (χ0v) is 11.5. The van der Waals surface area contributed by atoms with Crippen LogP contribution in [0, 0.1) is 11.8 Å². The minimum absolute atomic E-state index is 0.301. The van der Waals surface area contributed by atoms with Gasteiger partial charge in [-0.2, -0.15) is 0 Å². The van der Waals surface area contributed by atoms with Gasteiger partial charge in [0.2, 0.25) is 0 Å². The Hall–Kier alpha value is -0.780. The van der Waals surface area contributed by atoms with Crippen molar-refractivity contribution >= 4 is 0 Å². The van der Waals surface area contributed by atoms with E-state index in [1.807, 2.05) is 0 Å². The third kappa shape index (κ3) is 1.22. The minimum atomic E-state index is 0.301. The first-order chi connectivity index (χ1) is 7.33. The fraction of sp³-hybridized carbons (Fsp3) is 0.625. The van der Waals surface area contributed by atoms with Crippen LogP contribution in [0.2, 0.25) is 0 Å². The molecule has 0 saturated heterocycles. The van der Waals surface area contributed by atoms with E-state index in [-0.39, 0.29) is 0 Å². The van der Waals surface area contributed by atoms with Gasteiger partial charge >= 0.3 is 0 Å². The average Bonchev–Trinajstić information content (AvgIpc) is 2.40. The van der Waals surface area contributed by atoms with Crippen LogP contribution in [0.4, 0.5) is 0 Å². The molecule has 16 heavy (non-hydrogen) atoms. The van der Waals surface area contributed by atoms with Crippen LogP contribution in [0.15, 0.2) is 24.3 Å². The van der Waals surface area contributed by atoms with Gasteiger partial charge in [-0.3, -0.25) is 0 Å². The number of rotatable bonds is 1. The average molecular weight is 216 g/mol. The molecule has 0 fully saturated rings. The molecule has 1 aliphatic carbocycles. The molecule has 1 aromatic rings. The van der Waals surface area contributed by atoms with E-state index in [9.17, 15) is 0 Å². The highest BCUT2D eigenvalue weighted by Gasteiger charge is 2.51. The zero-order valence-electron chi connectivity index (χ0n) is 11.5. The topological polar surface area (TPSA) is 0 Å². The second-order valence-corrected chi connectivity index (χ2v) is 6.43. The number of benzene rings is 1. The smallest absolute Gasteiger partial charge is 0.00155 e. The predicted octanol–water partition coefficient (Wildman–Crippen LogP) is 4.53. The Morgan fingerprint density at radius 2 is 1.50 bits per heavy atom. The van der Waals surface area contributed by atoms with Gasteiger partial charge in [0.15, 0.2) is 0 Å². The van der Waals surface area contributed by atoms with E-state index >= 15 is 0 Å². The molecule has 0 spiro atoms. The summed E-state index contributed by atoms with van der Waals surface area (Å²) in [6, 6.07) is 9.02. The molecule has 0 heteroatoms. The molecule has 0 nitrogen and oxygen atoms in total. The minimum Gasteiger partial charge on any atom is -0.0620 e. The molecule has 2 rings (SSSR count). The van der Waals surface area contributed by atoms with Crippen molar-refractivity contribution in [2.75, 3.05) is 0 Å². The Balaban J connectivity index is 2.69. The second-order valence-electron chi connectivity index (χ2n) is 6.43. The second kappa shape index (κ2) is 3.35. The summed E-state index contributed by atoms with van der Waals surface area (Å²) in [5.74, 6) is 1.38. The normalized spacial score (nSPS) is 31.8. The van der Waals surface area contributed by atoms with Crippen molar-refractivity contribution in [3.05, 3.63) is 35.4 Å². The number of hydrogen-bond donors (Lipinski definition) is 0. The molecule has 0 N–H and O–H groups in total.